The van der Waals surface area contributed by atoms with Crippen LogP contribution in [-0.4, -0.2) is 17.5 Å². The minimum atomic E-state index is -0.256. The van der Waals surface area contributed by atoms with Gasteiger partial charge in [0.05, 0.1) is 12.3 Å². The first-order chi connectivity index (χ1) is 9.20. The molecule has 0 fully saturated rings. The molecule has 0 radical (unpaired) electrons. The number of benzene rings is 1. The Morgan fingerprint density at radius 2 is 2.05 bits per heavy atom. The lowest BCUT2D eigenvalue weighted by atomic mass is 10.2. The summed E-state index contributed by atoms with van der Waals surface area (Å²) in [6.07, 6.45) is 1.57. The van der Waals surface area contributed by atoms with Crippen molar-refractivity contribution in [2.24, 2.45) is 0 Å². The van der Waals surface area contributed by atoms with Gasteiger partial charge in [0.15, 0.2) is 5.82 Å². The van der Waals surface area contributed by atoms with Gasteiger partial charge in [-0.2, -0.15) is 0 Å². The van der Waals surface area contributed by atoms with Crippen LogP contribution in [0.25, 0.3) is 0 Å². The number of anilines is 2. The molecule has 1 amide bonds. The average Bonchev–Trinajstić information content (AvgIpc) is 2.42. The number of nitrogen functional groups attached to an aromatic ring is 1. The van der Waals surface area contributed by atoms with Gasteiger partial charge in [0.25, 0.3) is 5.91 Å². The Balaban J connectivity index is 2.10. The summed E-state index contributed by atoms with van der Waals surface area (Å²) in [6, 6.07) is 10.3. The van der Waals surface area contributed by atoms with E-state index in [0.29, 0.717) is 23.7 Å². The number of hydrogen-bond donors (Lipinski definition) is 2. The van der Waals surface area contributed by atoms with Gasteiger partial charge in [0.2, 0.25) is 0 Å². The number of nitrogens with one attached hydrogen (secondary N) is 1. The first kappa shape index (κ1) is 12.9. The highest BCUT2D eigenvalue weighted by atomic mass is 16.5. The van der Waals surface area contributed by atoms with E-state index in [0.717, 1.165) is 5.75 Å². The zero-order valence-corrected chi connectivity index (χ0v) is 10.6. The van der Waals surface area contributed by atoms with Gasteiger partial charge in [0.1, 0.15) is 5.75 Å². The first-order valence-electron chi connectivity index (χ1n) is 5.95. The van der Waals surface area contributed by atoms with Crippen molar-refractivity contribution in [2.45, 2.75) is 6.92 Å². The highest BCUT2D eigenvalue weighted by molar-refractivity contribution is 6.05. The molecule has 98 valence electrons. The van der Waals surface area contributed by atoms with Crippen molar-refractivity contribution in [3.63, 3.8) is 0 Å². The molecule has 0 unspecified atom stereocenters. The van der Waals surface area contributed by atoms with Crippen molar-refractivity contribution in [1.82, 2.24) is 4.98 Å². The van der Waals surface area contributed by atoms with Crippen molar-refractivity contribution in [3.05, 3.63) is 48.2 Å². The van der Waals surface area contributed by atoms with Crippen molar-refractivity contribution in [2.75, 3.05) is 17.7 Å². The summed E-state index contributed by atoms with van der Waals surface area (Å²) in [5.74, 6) is 0.839. The van der Waals surface area contributed by atoms with Gasteiger partial charge in [-0.3, -0.25) is 4.79 Å². The lowest BCUT2D eigenvalue weighted by Crippen LogP contribution is -2.14. The highest BCUT2D eigenvalue weighted by Crippen LogP contribution is 2.16. The SMILES string of the molecule is CCOc1ccc(C(=O)Nc2ncccc2N)cc1. The molecule has 19 heavy (non-hydrogen) atoms. The maximum atomic E-state index is 12.0. The average molecular weight is 257 g/mol. The van der Waals surface area contributed by atoms with Crippen molar-refractivity contribution < 1.29 is 9.53 Å². The molecule has 3 N–H and O–H groups in total. The van der Waals surface area contributed by atoms with Crippen LogP contribution in [0.15, 0.2) is 42.6 Å². The Kier molecular flexibility index (Phi) is 3.97. The fourth-order valence-electron chi connectivity index (χ4n) is 1.57. The van der Waals surface area contributed by atoms with Crippen LogP contribution in [0, 0.1) is 0 Å². The Bertz CT molecular complexity index is 567. The van der Waals surface area contributed by atoms with Gasteiger partial charge in [-0.05, 0) is 43.3 Å². The molecule has 0 saturated carbocycles. The molecule has 0 atom stereocenters. The molecule has 0 aliphatic rings. The molecule has 0 bridgehead atoms. The van der Waals surface area contributed by atoms with Crippen LogP contribution in [0.2, 0.25) is 0 Å². The van der Waals surface area contributed by atoms with E-state index in [2.05, 4.69) is 10.3 Å². The lowest BCUT2D eigenvalue weighted by molar-refractivity contribution is 0.102. The van der Waals surface area contributed by atoms with Crippen LogP contribution >= 0.6 is 0 Å². The van der Waals surface area contributed by atoms with E-state index >= 15 is 0 Å². The fourth-order valence-corrected chi connectivity index (χ4v) is 1.57. The van der Waals surface area contributed by atoms with E-state index in [9.17, 15) is 4.79 Å². The van der Waals surface area contributed by atoms with E-state index in [1.54, 1.807) is 42.6 Å². The van der Waals surface area contributed by atoms with Crippen LogP contribution in [-0.2, 0) is 0 Å². The van der Waals surface area contributed by atoms with Crippen molar-refractivity contribution in [3.8, 4) is 5.75 Å². The molecule has 0 aliphatic carbocycles. The monoisotopic (exact) mass is 257 g/mol. The van der Waals surface area contributed by atoms with Gasteiger partial charge >= 0.3 is 0 Å². The molecule has 0 spiro atoms. The molecule has 2 aromatic rings. The normalized spacial score (nSPS) is 9.95. The number of nitrogens with two attached hydrogens (primary N) is 1. The third-order valence-corrected chi connectivity index (χ3v) is 2.50. The molecule has 2 rings (SSSR count). The smallest absolute Gasteiger partial charge is 0.256 e. The third kappa shape index (κ3) is 3.22. The van der Waals surface area contributed by atoms with Gasteiger partial charge in [-0.25, -0.2) is 4.98 Å². The molecular weight excluding hydrogens is 242 g/mol. The topological polar surface area (TPSA) is 77.2 Å². The van der Waals surface area contributed by atoms with Crippen LogP contribution in [0.5, 0.6) is 5.75 Å². The molecule has 1 aromatic heterocycles. The molecule has 1 aromatic carbocycles. The highest BCUT2D eigenvalue weighted by Gasteiger charge is 2.08. The number of nitrogens with zero attached hydrogens (tertiary/aromatic N) is 1. The number of rotatable bonds is 4. The number of carbonyl (C=O) groups excluding carboxylic acids is 1. The summed E-state index contributed by atoms with van der Waals surface area (Å²) in [7, 11) is 0. The second kappa shape index (κ2) is 5.86. The second-order valence-electron chi connectivity index (χ2n) is 3.85. The lowest BCUT2D eigenvalue weighted by Gasteiger charge is -2.07. The number of ether oxygens (including phenoxy) is 1. The quantitative estimate of drug-likeness (QED) is 0.881. The molecular formula is C14H15N3O2. The van der Waals surface area contributed by atoms with Crippen LogP contribution < -0.4 is 15.8 Å². The summed E-state index contributed by atoms with van der Waals surface area (Å²) >= 11 is 0. The summed E-state index contributed by atoms with van der Waals surface area (Å²) in [5.41, 5.74) is 6.67. The Morgan fingerprint density at radius 1 is 1.32 bits per heavy atom. The number of pyridine rings is 1. The summed E-state index contributed by atoms with van der Waals surface area (Å²) in [6.45, 7) is 2.50. The Morgan fingerprint density at radius 3 is 2.68 bits per heavy atom. The van der Waals surface area contributed by atoms with Gasteiger partial charge in [0, 0.05) is 11.8 Å². The summed E-state index contributed by atoms with van der Waals surface area (Å²) in [4.78, 5) is 16.0. The Labute approximate surface area is 111 Å². The number of aromatic nitrogens is 1. The number of amides is 1. The summed E-state index contributed by atoms with van der Waals surface area (Å²) < 4.78 is 5.31. The fraction of sp³-hybridized carbons (Fsp3) is 0.143. The van der Waals surface area contributed by atoms with E-state index in [4.69, 9.17) is 10.5 Å². The predicted molar refractivity (Wildman–Crippen MR) is 74.2 cm³/mol. The molecule has 5 heteroatoms. The van der Waals surface area contributed by atoms with Crippen LogP contribution in [0.4, 0.5) is 11.5 Å². The minimum Gasteiger partial charge on any atom is -0.494 e. The zero-order valence-electron chi connectivity index (χ0n) is 10.6. The second-order valence-corrected chi connectivity index (χ2v) is 3.85. The van der Waals surface area contributed by atoms with Crippen LogP contribution in [0.3, 0.4) is 0 Å². The maximum Gasteiger partial charge on any atom is 0.256 e. The van der Waals surface area contributed by atoms with Gasteiger partial charge in [-0.15, -0.1) is 0 Å². The zero-order chi connectivity index (χ0) is 13.7. The third-order valence-electron chi connectivity index (χ3n) is 2.50. The van der Waals surface area contributed by atoms with E-state index < -0.39 is 0 Å². The van der Waals surface area contributed by atoms with E-state index in [-0.39, 0.29) is 5.91 Å². The largest absolute Gasteiger partial charge is 0.494 e. The van der Waals surface area contributed by atoms with Crippen LogP contribution in [0.1, 0.15) is 17.3 Å². The predicted octanol–water partition coefficient (Wildman–Crippen LogP) is 2.31. The standard InChI is InChI=1S/C14H15N3O2/c1-2-19-11-7-5-10(6-8-11)14(18)17-13-12(15)4-3-9-16-13/h3-9H,2,15H2,1H3,(H,16,17,18). The minimum absolute atomic E-state index is 0.256. The molecule has 0 aliphatic heterocycles. The van der Waals surface area contributed by atoms with Gasteiger partial charge < -0.3 is 15.8 Å². The maximum absolute atomic E-state index is 12.0. The molecule has 5 nitrogen and oxygen atoms in total. The van der Waals surface area contributed by atoms with Crippen molar-refractivity contribution in [1.29, 1.82) is 0 Å². The molecule has 1 heterocycles. The first-order valence-corrected chi connectivity index (χ1v) is 5.95. The van der Waals surface area contributed by atoms with Gasteiger partial charge in [-0.1, -0.05) is 0 Å². The van der Waals surface area contributed by atoms with Crippen molar-refractivity contribution >= 4 is 17.4 Å². The van der Waals surface area contributed by atoms with E-state index in [1.165, 1.54) is 0 Å². The van der Waals surface area contributed by atoms with E-state index in [1.807, 2.05) is 6.92 Å². The Hall–Kier alpha value is -2.56. The summed E-state index contributed by atoms with van der Waals surface area (Å²) in [5, 5.41) is 2.66. The number of carbonyl (C=O) groups is 1. The molecule has 0 saturated heterocycles. The number of hydrogen-bond acceptors (Lipinski definition) is 4.